The SMILES string of the molecule is Clc1cc(-c2ccc3ncn(C4CCC4)c3c2)nc(N2CCOCC2)n1. The second-order valence-electron chi connectivity index (χ2n) is 6.92. The molecular weight excluding hydrogens is 350 g/mol. The second-order valence-corrected chi connectivity index (χ2v) is 7.30. The highest BCUT2D eigenvalue weighted by Gasteiger charge is 2.21. The molecule has 1 aliphatic heterocycles. The fourth-order valence-corrected chi connectivity index (χ4v) is 3.78. The number of imidazole rings is 1. The summed E-state index contributed by atoms with van der Waals surface area (Å²) in [6.07, 6.45) is 5.73. The molecule has 2 aromatic heterocycles. The zero-order valence-electron chi connectivity index (χ0n) is 14.4. The largest absolute Gasteiger partial charge is 0.378 e. The molecule has 1 saturated carbocycles. The van der Waals surface area contributed by atoms with Crippen LogP contribution < -0.4 is 4.90 Å². The third-order valence-corrected chi connectivity index (χ3v) is 5.51. The van der Waals surface area contributed by atoms with Crippen LogP contribution >= 0.6 is 11.6 Å². The number of benzene rings is 1. The molecule has 6 nitrogen and oxygen atoms in total. The van der Waals surface area contributed by atoms with E-state index in [0.29, 0.717) is 30.4 Å². The number of nitrogens with zero attached hydrogens (tertiary/aromatic N) is 5. The fraction of sp³-hybridized carbons (Fsp3) is 0.421. The smallest absolute Gasteiger partial charge is 0.227 e. The summed E-state index contributed by atoms with van der Waals surface area (Å²) in [5.74, 6) is 0.670. The molecule has 134 valence electrons. The Morgan fingerprint density at radius 2 is 1.92 bits per heavy atom. The van der Waals surface area contributed by atoms with E-state index in [-0.39, 0.29) is 0 Å². The number of morpholine rings is 1. The number of ether oxygens (including phenoxy) is 1. The molecule has 0 bridgehead atoms. The van der Waals surface area contributed by atoms with Gasteiger partial charge in [-0.05, 0) is 31.4 Å². The molecule has 3 heterocycles. The van der Waals surface area contributed by atoms with Crippen LogP contribution in [0.2, 0.25) is 5.15 Å². The number of anilines is 1. The van der Waals surface area contributed by atoms with Crippen LogP contribution in [0, 0.1) is 0 Å². The first-order valence-electron chi connectivity index (χ1n) is 9.12. The molecule has 1 aromatic carbocycles. The minimum atomic E-state index is 0.462. The average Bonchev–Trinajstić information content (AvgIpc) is 3.03. The van der Waals surface area contributed by atoms with E-state index in [1.807, 2.05) is 12.4 Å². The van der Waals surface area contributed by atoms with Crippen molar-refractivity contribution in [2.45, 2.75) is 25.3 Å². The fourth-order valence-electron chi connectivity index (χ4n) is 3.60. The number of hydrogen-bond donors (Lipinski definition) is 0. The Kier molecular flexibility index (Phi) is 4.02. The van der Waals surface area contributed by atoms with Gasteiger partial charge in [-0.1, -0.05) is 17.7 Å². The lowest BCUT2D eigenvalue weighted by atomic mass is 9.93. The number of halogens is 1. The first-order chi connectivity index (χ1) is 12.8. The normalized spacial score (nSPS) is 18.3. The van der Waals surface area contributed by atoms with Crippen LogP contribution in [0.4, 0.5) is 5.95 Å². The van der Waals surface area contributed by atoms with Crippen LogP contribution in [-0.4, -0.2) is 45.8 Å². The Hall–Kier alpha value is -2.18. The molecule has 0 radical (unpaired) electrons. The van der Waals surface area contributed by atoms with Crippen molar-refractivity contribution in [1.82, 2.24) is 19.5 Å². The Bertz CT molecular complexity index is 946. The van der Waals surface area contributed by atoms with Crippen molar-refractivity contribution in [3.05, 3.63) is 35.7 Å². The van der Waals surface area contributed by atoms with Crippen LogP contribution in [0.5, 0.6) is 0 Å². The summed E-state index contributed by atoms with van der Waals surface area (Å²) < 4.78 is 7.72. The van der Waals surface area contributed by atoms with Crippen molar-refractivity contribution in [1.29, 1.82) is 0 Å². The molecule has 26 heavy (non-hydrogen) atoms. The third-order valence-electron chi connectivity index (χ3n) is 5.32. The first-order valence-corrected chi connectivity index (χ1v) is 9.50. The van der Waals surface area contributed by atoms with Crippen LogP contribution in [-0.2, 0) is 4.74 Å². The monoisotopic (exact) mass is 369 g/mol. The maximum atomic E-state index is 6.30. The van der Waals surface area contributed by atoms with E-state index in [0.717, 1.165) is 35.4 Å². The predicted molar refractivity (Wildman–Crippen MR) is 102 cm³/mol. The highest BCUT2D eigenvalue weighted by Crippen LogP contribution is 2.35. The predicted octanol–water partition coefficient (Wildman–Crippen LogP) is 3.71. The first kappa shape index (κ1) is 16.0. The molecule has 0 amide bonds. The van der Waals surface area contributed by atoms with Gasteiger partial charge in [-0.3, -0.25) is 0 Å². The van der Waals surface area contributed by atoms with Gasteiger partial charge in [0.15, 0.2) is 0 Å². The van der Waals surface area contributed by atoms with E-state index in [1.165, 1.54) is 19.3 Å². The van der Waals surface area contributed by atoms with Crippen LogP contribution in [0.1, 0.15) is 25.3 Å². The summed E-state index contributed by atoms with van der Waals surface area (Å²) in [6, 6.07) is 8.69. The molecule has 5 rings (SSSR count). The lowest BCUT2D eigenvalue weighted by molar-refractivity contribution is 0.122. The molecule has 2 fully saturated rings. The zero-order valence-corrected chi connectivity index (χ0v) is 15.2. The molecule has 1 saturated heterocycles. The standard InChI is InChI=1S/C19H20ClN5O/c20-18-11-16(22-19(23-18)24-6-8-26-9-7-24)13-4-5-15-17(10-13)25(12-21-15)14-2-1-3-14/h4-5,10-12,14H,1-3,6-9H2. The lowest BCUT2D eigenvalue weighted by Gasteiger charge is -2.27. The number of rotatable bonds is 3. The van der Waals surface area contributed by atoms with E-state index in [1.54, 1.807) is 0 Å². The van der Waals surface area contributed by atoms with Crippen molar-refractivity contribution in [3.63, 3.8) is 0 Å². The summed E-state index contributed by atoms with van der Waals surface area (Å²) >= 11 is 6.30. The summed E-state index contributed by atoms with van der Waals surface area (Å²) in [4.78, 5) is 15.9. The Morgan fingerprint density at radius 3 is 2.69 bits per heavy atom. The summed E-state index contributed by atoms with van der Waals surface area (Å²) in [5.41, 5.74) is 4.07. The Morgan fingerprint density at radius 1 is 1.08 bits per heavy atom. The van der Waals surface area contributed by atoms with Gasteiger partial charge in [-0.2, -0.15) is 0 Å². The molecule has 1 aliphatic carbocycles. The number of fused-ring (bicyclic) bond motifs is 1. The molecule has 0 N–H and O–H groups in total. The van der Waals surface area contributed by atoms with Gasteiger partial charge in [0, 0.05) is 30.8 Å². The maximum Gasteiger partial charge on any atom is 0.227 e. The molecule has 3 aromatic rings. The zero-order chi connectivity index (χ0) is 17.5. The molecule has 7 heteroatoms. The van der Waals surface area contributed by atoms with E-state index >= 15 is 0 Å². The molecule has 2 aliphatic rings. The quantitative estimate of drug-likeness (QED) is 0.659. The highest BCUT2D eigenvalue weighted by atomic mass is 35.5. The van der Waals surface area contributed by atoms with Gasteiger partial charge in [0.05, 0.1) is 36.3 Å². The number of hydrogen-bond acceptors (Lipinski definition) is 5. The van der Waals surface area contributed by atoms with Crippen molar-refractivity contribution in [2.24, 2.45) is 0 Å². The summed E-state index contributed by atoms with van der Waals surface area (Å²) in [7, 11) is 0. The summed E-state index contributed by atoms with van der Waals surface area (Å²) in [6.45, 7) is 2.95. The minimum Gasteiger partial charge on any atom is -0.378 e. The van der Waals surface area contributed by atoms with Crippen LogP contribution in [0.3, 0.4) is 0 Å². The lowest BCUT2D eigenvalue weighted by Crippen LogP contribution is -2.37. The molecule has 0 atom stereocenters. The van der Waals surface area contributed by atoms with Gasteiger partial charge in [0.25, 0.3) is 0 Å². The van der Waals surface area contributed by atoms with Crippen molar-refractivity contribution >= 4 is 28.6 Å². The van der Waals surface area contributed by atoms with Gasteiger partial charge >= 0.3 is 0 Å². The second kappa shape index (κ2) is 6.52. The average molecular weight is 370 g/mol. The van der Waals surface area contributed by atoms with Crippen LogP contribution in [0.25, 0.3) is 22.3 Å². The van der Waals surface area contributed by atoms with Crippen molar-refractivity contribution in [2.75, 3.05) is 31.2 Å². The van der Waals surface area contributed by atoms with Crippen LogP contribution in [0.15, 0.2) is 30.6 Å². The topological polar surface area (TPSA) is 56.1 Å². The van der Waals surface area contributed by atoms with Gasteiger partial charge in [-0.15, -0.1) is 0 Å². The molecular formula is C19H20ClN5O. The van der Waals surface area contributed by atoms with Crippen molar-refractivity contribution in [3.8, 4) is 11.3 Å². The minimum absolute atomic E-state index is 0.462. The summed E-state index contributed by atoms with van der Waals surface area (Å²) in [5, 5.41) is 0.462. The van der Waals surface area contributed by atoms with Gasteiger partial charge in [0.2, 0.25) is 5.95 Å². The Labute approximate surface area is 156 Å². The highest BCUT2D eigenvalue weighted by molar-refractivity contribution is 6.29. The van der Waals surface area contributed by atoms with E-state index in [9.17, 15) is 0 Å². The molecule has 0 unspecified atom stereocenters. The van der Waals surface area contributed by atoms with Gasteiger partial charge in [-0.25, -0.2) is 15.0 Å². The van der Waals surface area contributed by atoms with Gasteiger partial charge < -0.3 is 14.2 Å². The van der Waals surface area contributed by atoms with E-state index in [4.69, 9.17) is 21.3 Å². The third kappa shape index (κ3) is 2.83. The van der Waals surface area contributed by atoms with Gasteiger partial charge in [0.1, 0.15) is 5.15 Å². The van der Waals surface area contributed by atoms with Crippen molar-refractivity contribution < 1.29 is 4.74 Å². The Balaban J connectivity index is 1.55. The molecule has 0 spiro atoms. The number of aromatic nitrogens is 4. The van der Waals surface area contributed by atoms with E-state index < -0.39 is 0 Å². The van der Waals surface area contributed by atoms with E-state index in [2.05, 4.69) is 37.6 Å². The maximum absolute atomic E-state index is 6.30.